The molecule has 2 atom stereocenters. The maximum atomic E-state index is 13.8. The first-order valence-electron chi connectivity index (χ1n) is 11.0. The molecule has 152 valence electrons. The minimum absolute atomic E-state index is 0.114. The number of fused-ring (bicyclic) bond motifs is 1. The molecular formula is C23H32N2O2S. The van der Waals surface area contributed by atoms with Gasteiger partial charge in [-0.1, -0.05) is 62.4 Å². The third-order valence-corrected chi connectivity index (χ3v) is 8.21. The Labute approximate surface area is 172 Å². The van der Waals surface area contributed by atoms with Crippen molar-refractivity contribution in [1.29, 1.82) is 0 Å². The molecule has 3 fully saturated rings. The Morgan fingerprint density at radius 2 is 1.82 bits per heavy atom. The van der Waals surface area contributed by atoms with Crippen LogP contribution in [0.15, 0.2) is 30.3 Å². The second kappa shape index (κ2) is 8.89. The van der Waals surface area contributed by atoms with Crippen LogP contribution < -0.4 is 5.32 Å². The van der Waals surface area contributed by atoms with E-state index < -0.39 is 5.54 Å². The molecule has 0 radical (unpaired) electrons. The average Bonchev–Trinajstić information content (AvgIpc) is 2.87. The van der Waals surface area contributed by atoms with Crippen molar-refractivity contribution in [2.45, 2.75) is 87.6 Å². The summed E-state index contributed by atoms with van der Waals surface area (Å²) in [7, 11) is 0. The molecule has 1 aromatic carbocycles. The maximum Gasteiger partial charge on any atom is 0.247 e. The van der Waals surface area contributed by atoms with Crippen molar-refractivity contribution in [2.75, 3.05) is 5.75 Å². The summed E-state index contributed by atoms with van der Waals surface area (Å²) in [6.45, 7) is 0.537. The lowest BCUT2D eigenvalue weighted by Gasteiger charge is -2.49. The van der Waals surface area contributed by atoms with Gasteiger partial charge in [0, 0.05) is 30.0 Å². The second-order valence-electron chi connectivity index (χ2n) is 8.55. The summed E-state index contributed by atoms with van der Waals surface area (Å²) in [5, 5.41) is 3.60. The first kappa shape index (κ1) is 19.8. The number of thioether (sulfide) groups is 1. The average molecular weight is 401 g/mol. The van der Waals surface area contributed by atoms with Crippen LogP contribution in [0, 0.1) is 0 Å². The fourth-order valence-electron chi connectivity index (χ4n) is 5.23. The van der Waals surface area contributed by atoms with Crippen molar-refractivity contribution in [3.8, 4) is 0 Å². The summed E-state index contributed by atoms with van der Waals surface area (Å²) in [5.41, 5.74) is 0.418. The molecule has 1 aliphatic heterocycles. The largest absolute Gasteiger partial charge is 0.351 e. The van der Waals surface area contributed by atoms with Crippen molar-refractivity contribution in [2.24, 2.45) is 0 Å². The van der Waals surface area contributed by atoms with Crippen LogP contribution >= 0.6 is 11.8 Å². The number of benzene rings is 1. The molecule has 3 aliphatic rings. The van der Waals surface area contributed by atoms with Gasteiger partial charge in [-0.3, -0.25) is 9.59 Å². The van der Waals surface area contributed by atoms with Crippen molar-refractivity contribution < 1.29 is 9.59 Å². The van der Waals surface area contributed by atoms with E-state index in [4.69, 9.17) is 0 Å². The first-order chi connectivity index (χ1) is 13.7. The van der Waals surface area contributed by atoms with E-state index in [9.17, 15) is 9.59 Å². The van der Waals surface area contributed by atoms with Gasteiger partial charge in [0.05, 0.1) is 0 Å². The lowest BCUT2D eigenvalue weighted by Crippen LogP contribution is -2.66. The molecule has 1 N–H and O–H groups in total. The topological polar surface area (TPSA) is 49.4 Å². The summed E-state index contributed by atoms with van der Waals surface area (Å²) in [6, 6.07) is 10.4. The van der Waals surface area contributed by atoms with Gasteiger partial charge in [0.25, 0.3) is 0 Å². The van der Waals surface area contributed by atoms with Gasteiger partial charge in [-0.15, -0.1) is 0 Å². The van der Waals surface area contributed by atoms with Crippen LogP contribution in [-0.4, -0.2) is 39.3 Å². The normalized spacial score (nSPS) is 29.1. The number of nitrogens with zero attached hydrogens (tertiary/aromatic N) is 1. The van der Waals surface area contributed by atoms with Crippen molar-refractivity contribution in [3.63, 3.8) is 0 Å². The van der Waals surface area contributed by atoms with Gasteiger partial charge >= 0.3 is 0 Å². The standard InChI is InChI=1S/C23H32N2O2S/c26-21-14-16-28-20-13-7-8-15-23(20,22(27)24-19-11-5-2-6-12-19)25(21)17-18-9-3-1-4-10-18/h1,3-4,9-10,19-20H,2,5-8,11-17H2,(H,24,27)/t20-,23+/m0/s1. The van der Waals surface area contributed by atoms with Gasteiger partial charge in [0.15, 0.2) is 0 Å². The zero-order valence-corrected chi connectivity index (χ0v) is 17.5. The third-order valence-electron chi connectivity index (χ3n) is 6.74. The van der Waals surface area contributed by atoms with Crippen molar-refractivity contribution >= 4 is 23.6 Å². The molecule has 1 aromatic rings. The highest BCUT2D eigenvalue weighted by Crippen LogP contribution is 2.44. The van der Waals surface area contributed by atoms with Crippen molar-refractivity contribution in [3.05, 3.63) is 35.9 Å². The molecule has 0 spiro atoms. The Kier molecular flexibility index (Phi) is 6.29. The third kappa shape index (κ3) is 3.96. The molecule has 4 rings (SSSR count). The molecule has 0 unspecified atom stereocenters. The molecule has 2 amide bonds. The summed E-state index contributed by atoms with van der Waals surface area (Å²) >= 11 is 1.85. The van der Waals surface area contributed by atoms with Crippen LogP contribution in [0.5, 0.6) is 0 Å². The number of hydrogen-bond acceptors (Lipinski definition) is 3. The second-order valence-corrected chi connectivity index (χ2v) is 9.86. The summed E-state index contributed by atoms with van der Waals surface area (Å²) in [6.07, 6.45) is 10.4. The fraction of sp³-hybridized carbons (Fsp3) is 0.652. The van der Waals surface area contributed by atoms with Gasteiger partial charge in [0.2, 0.25) is 11.8 Å². The van der Waals surface area contributed by atoms with Crippen LogP contribution in [-0.2, 0) is 16.1 Å². The van der Waals surface area contributed by atoms with E-state index in [0.29, 0.717) is 13.0 Å². The first-order valence-corrected chi connectivity index (χ1v) is 12.0. The van der Waals surface area contributed by atoms with Gasteiger partial charge in [-0.2, -0.15) is 11.8 Å². The van der Waals surface area contributed by atoms with E-state index in [-0.39, 0.29) is 23.1 Å². The summed E-state index contributed by atoms with van der Waals surface area (Å²) in [4.78, 5) is 29.0. The number of carbonyl (C=O) groups is 2. The van der Waals surface area contributed by atoms with Gasteiger partial charge < -0.3 is 10.2 Å². The van der Waals surface area contributed by atoms with Gasteiger partial charge in [0.1, 0.15) is 5.54 Å². The van der Waals surface area contributed by atoms with Crippen LogP contribution in [0.4, 0.5) is 0 Å². The van der Waals surface area contributed by atoms with Crippen LogP contribution in [0.1, 0.15) is 69.8 Å². The molecular weight excluding hydrogens is 368 g/mol. The lowest BCUT2D eigenvalue weighted by atomic mass is 9.77. The molecule has 4 nitrogen and oxygen atoms in total. The highest BCUT2D eigenvalue weighted by atomic mass is 32.2. The minimum atomic E-state index is -0.691. The zero-order valence-electron chi connectivity index (χ0n) is 16.7. The van der Waals surface area contributed by atoms with Gasteiger partial charge in [-0.25, -0.2) is 0 Å². The van der Waals surface area contributed by atoms with Crippen molar-refractivity contribution in [1.82, 2.24) is 10.2 Å². The van der Waals surface area contributed by atoms with Crippen LogP contribution in [0.2, 0.25) is 0 Å². The Hall–Kier alpha value is -1.49. The Morgan fingerprint density at radius 3 is 2.61 bits per heavy atom. The molecule has 2 saturated carbocycles. The van der Waals surface area contributed by atoms with Crippen LogP contribution in [0.25, 0.3) is 0 Å². The number of amides is 2. The van der Waals surface area contributed by atoms with E-state index in [1.54, 1.807) is 0 Å². The predicted octanol–water partition coefficient (Wildman–Crippen LogP) is 4.28. The minimum Gasteiger partial charge on any atom is -0.351 e. The Balaban J connectivity index is 1.66. The lowest BCUT2D eigenvalue weighted by molar-refractivity contribution is -0.150. The quantitative estimate of drug-likeness (QED) is 0.821. The molecule has 28 heavy (non-hydrogen) atoms. The number of carbonyl (C=O) groups excluding carboxylic acids is 2. The molecule has 0 bridgehead atoms. The SMILES string of the molecule is O=C1CCS[C@H]2CCCC[C@@]2(C(=O)NC2CCCCC2)N1Cc1ccccc1. The van der Waals surface area contributed by atoms with Crippen LogP contribution in [0.3, 0.4) is 0 Å². The molecule has 2 aliphatic carbocycles. The Bertz CT molecular complexity index is 689. The molecule has 1 saturated heterocycles. The van der Waals surface area contributed by atoms with E-state index in [1.165, 1.54) is 19.3 Å². The van der Waals surface area contributed by atoms with E-state index >= 15 is 0 Å². The zero-order chi connectivity index (χ0) is 19.4. The number of hydrogen-bond donors (Lipinski definition) is 1. The highest BCUT2D eigenvalue weighted by molar-refractivity contribution is 8.00. The monoisotopic (exact) mass is 400 g/mol. The van der Waals surface area contributed by atoms with Gasteiger partial charge in [-0.05, 0) is 31.2 Å². The predicted molar refractivity (Wildman–Crippen MR) is 114 cm³/mol. The number of rotatable bonds is 4. The fourth-order valence-corrected chi connectivity index (χ4v) is 6.77. The molecule has 5 heteroatoms. The molecule has 0 aromatic heterocycles. The Morgan fingerprint density at radius 1 is 1.07 bits per heavy atom. The summed E-state index contributed by atoms with van der Waals surface area (Å²) < 4.78 is 0. The van der Waals surface area contributed by atoms with E-state index in [1.807, 2.05) is 34.9 Å². The number of nitrogens with one attached hydrogen (secondary N) is 1. The summed E-state index contributed by atoms with van der Waals surface area (Å²) in [5.74, 6) is 1.08. The molecule has 1 heterocycles. The maximum absolute atomic E-state index is 13.8. The highest BCUT2D eigenvalue weighted by Gasteiger charge is 2.54. The smallest absolute Gasteiger partial charge is 0.247 e. The van der Waals surface area contributed by atoms with E-state index in [2.05, 4.69) is 17.4 Å². The van der Waals surface area contributed by atoms with E-state index in [0.717, 1.165) is 49.8 Å².